The minimum absolute atomic E-state index is 0.279. The van der Waals surface area contributed by atoms with E-state index in [1.807, 2.05) is 12.1 Å². The van der Waals surface area contributed by atoms with E-state index in [0.29, 0.717) is 22.6 Å². The first-order valence-electron chi connectivity index (χ1n) is 5.73. The third-order valence-electron chi connectivity index (χ3n) is 2.65. The van der Waals surface area contributed by atoms with E-state index in [2.05, 4.69) is 0 Å². The Kier molecular flexibility index (Phi) is 4.58. The van der Waals surface area contributed by atoms with Crippen LogP contribution in [0.1, 0.15) is 15.9 Å². The second kappa shape index (κ2) is 6.38. The number of halogens is 1. The van der Waals surface area contributed by atoms with Gasteiger partial charge in [0.05, 0.1) is 7.11 Å². The Morgan fingerprint density at radius 1 is 1.26 bits per heavy atom. The van der Waals surface area contributed by atoms with Gasteiger partial charge in [-0.2, -0.15) is 0 Å². The number of hydrogen-bond acceptors (Lipinski definition) is 3. The van der Waals surface area contributed by atoms with Crippen molar-refractivity contribution in [2.24, 2.45) is 0 Å². The Balaban J connectivity index is 2.07. The van der Waals surface area contributed by atoms with Gasteiger partial charge < -0.3 is 4.74 Å². The second-order valence-corrected chi connectivity index (χ2v) is 4.99. The Bertz CT molecular complexity index is 584. The average molecular weight is 276 g/mol. The van der Waals surface area contributed by atoms with Crippen molar-refractivity contribution in [2.75, 3.05) is 7.11 Å². The molecule has 0 unspecified atom stereocenters. The van der Waals surface area contributed by atoms with Gasteiger partial charge in [-0.15, -0.1) is 11.8 Å². The van der Waals surface area contributed by atoms with Gasteiger partial charge in [-0.05, 0) is 23.8 Å². The van der Waals surface area contributed by atoms with Crippen molar-refractivity contribution in [3.05, 3.63) is 59.4 Å². The lowest BCUT2D eigenvalue weighted by Gasteiger charge is -2.06. The fourth-order valence-electron chi connectivity index (χ4n) is 1.61. The molecule has 0 heterocycles. The van der Waals surface area contributed by atoms with Crippen LogP contribution in [0.25, 0.3) is 0 Å². The first-order chi connectivity index (χ1) is 9.22. The number of ether oxygens (including phenoxy) is 1. The van der Waals surface area contributed by atoms with Gasteiger partial charge in [0.1, 0.15) is 17.9 Å². The van der Waals surface area contributed by atoms with Crippen LogP contribution < -0.4 is 4.74 Å². The summed E-state index contributed by atoms with van der Waals surface area (Å²) in [5, 5.41) is 0. The highest BCUT2D eigenvalue weighted by Gasteiger charge is 2.05. The van der Waals surface area contributed by atoms with Gasteiger partial charge in [-0.25, -0.2) is 4.39 Å². The average Bonchev–Trinajstić information content (AvgIpc) is 2.46. The van der Waals surface area contributed by atoms with E-state index in [1.54, 1.807) is 24.3 Å². The highest BCUT2D eigenvalue weighted by atomic mass is 32.2. The maximum atomic E-state index is 13.7. The van der Waals surface area contributed by atoms with E-state index >= 15 is 0 Å². The van der Waals surface area contributed by atoms with E-state index in [0.717, 1.165) is 11.2 Å². The minimum atomic E-state index is -0.279. The zero-order valence-electron chi connectivity index (χ0n) is 10.4. The normalized spacial score (nSPS) is 10.2. The van der Waals surface area contributed by atoms with Gasteiger partial charge in [0, 0.05) is 22.3 Å². The van der Waals surface area contributed by atoms with E-state index < -0.39 is 0 Å². The molecule has 2 aromatic rings. The predicted molar refractivity (Wildman–Crippen MR) is 74.3 cm³/mol. The second-order valence-electron chi connectivity index (χ2n) is 3.94. The molecule has 2 aromatic carbocycles. The predicted octanol–water partition coefficient (Wildman–Crippen LogP) is 3.94. The van der Waals surface area contributed by atoms with Crippen molar-refractivity contribution in [3.63, 3.8) is 0 Å². The van der Waals surface area contributed by atoms with E-state index in [1.165, 1.54) is 24.9 Å². The zero-order chi connectivity index (χ0) is 13.7. The fourth-order valence-corrected chi connectivity index (χ4v) is 2.56. The van der Waals surface area contributed by atoms with Crippen LogP contribution in [0.5, 0.6) is 5.75 Å². The standard InChI is InChI=1S/C15H13FO2S/c1-18-13-6-5-12(15(16)8-13)10-19-14-4-2-3-11(7-14)9-17/h2-9H,10H2,1H3. The van der Waals surface area contributed by atoms with Crippen LogP contribution in [0.3, 0.4) is 0 Å². The van der Waals surface area contributed by atoms with Crippen LogP contribution in [0.2, 0.25) is 0 Å². The van der Waals surface area contributed by atoms with Gasteiger partial charge in [0.25, 0.3) is 0 Å². The smallest absolute Gasteiger partial charge is 0.150 e. The molecule has 4 heteroatoms. The van der Waals surface area contributed by atoms with Crippen molar-refractivity contribution in [3.8, 4) is 5.75 Å². The van der Waals surface area contributed by atoms with Crippen LogP contribution in [-0.2, 0) is 5.75 Å². The molecule has 19 heavy (non-hydrogen) atoms. The van der Waals surface area contributed by atoms with Gasteiger partial charge in [-0.3, -0.25) is 4.79 Å². The minimum Gasteiger partial charge on any atom is -0.497 e. The number of carbonyl (C=O) groups excluding carboxylic acids is 1. The highest BCUT2D eigenvalue weighted by molar-refractivity contribution is 7.98. The molecule has 0 spiro atoms. The van der Waals surface area contributed by atoms with Gasteiger partial charge >= 0.3 is 0 Å². The summed E-state index contributed by atoms with van der Waals surface area (Å²) in [5.74, 6) is 0.741. The maximum Gasteiger partial charge on any atom is 0.150 e. The Morgan fingerprint density at radius 3 is 2.79 bits per heavy atom. The number of aldehydes is 1. The van der Waals surface area contributed by atoms with Crippen LogP contribution in [0, 0.1) is 5.82 Å². The van der Waals surface area contributed by atoms with Crippen molar-refractivity contribution < 1.29 is 13.9 Å². The van der Waals surface area contributed by atoms with E-state index in [4.69, 9.17) is 4.74 Å². The highest BCUT2D eigenvalue weighted by Crippen LogP contribution is 2.26. The van der Waals surface area contributed by atoms with Gasteiger partial charge in [0.2, 0.25) is 0 Å². The Hall–Kier alpha value is -1.81. The molecular formula is C15H13FO2S. The summed E-state index contributed by atoms with van der Waals surface area (Å²) in [6, 6.07) is 12.1. The lowest BCUT2D eigenvalue weighted by atomic mass is 10.2. The van der Waals surface area contributed by atoms with Crippen molar-refractivity contribution in [1.82, 2.24) is 0 Å². The summed E-state index contributed by atoms with van der Waals surface area (Å²) >= 11 is 1.49. The number of thioether (sulfide) groups is 1. The molecule has 98 valence electrons. The van der Waals surface area contributed by atoms with Crippen LogP contribution in [0.4, 0.5) is 4.39 Å². The summed E-state index contributed by atoms with van der Waals surface area (Å²) < 4.78 is 18.7. The fraction of sp³-hybridized carbons (Fsp3) is 0.133. The van der Waals surface area contributed by atoms with E-state index in [-0.39, 0.29) is 5.82 Å². The molecule has 0 radical (unpaired) electrons. The van der Waals surface area contributed by atoms with Crippen molar-refractivity contribution in [1.29, 1.82) is 0 Å². The Labute approximate surface area is 115 Å². The SMILES string of the molecule is COc1ccc(CSc2cccc(C=O)c2)c(F)c1. The number of carbonyl (C=O) groups is 1. The largest absolute Gasteiger partial charge is 0.497 e. The third kappa shape index (κ3) is 3.58. The molecule has 0 bridgehead atoms. The summed E-state index contributed by atoms with van der Waals surface area (Å²) in [4.78, 5) is 11.6. The first kappa shape index (κ1) is 13.6. The molecule has 0 aliphatic carbocycles. The molecule has 0 atom stereocenters. The maximum absolute atomic E-state index is 13.7. The molecule has 0 N–H and O–H groups in total. The van der Waals surface area contributed by atoms with E-state index in [9.17, 15) is 9.18 Å². The molecule has 0 aliphatic rings. The first-order valence-corrected chi connectivity index (χ1v) is 6.72. The molecular weight excluding hydrogens is 263 g/mol. The van der Waals surface area contributed by atoms with Crippen LogP contribution >= 0.6 is 11.8 Å². The molecule has 0 saturated heterocycles. The van der Waals surface area contributed by atoms with Gasteiger partial charge in [-0.1, -0.05) is 18.2 Å². The van der Waals surface area contributed by atoms with Crippen LogP contribution in [0.15, 0.2) is 47.4 Å². The molecule has 0 amide bonds. The lowest BCUT2D eigenvalue weighted by Crippen LogP contribution is -1.90. The van der Waals surface area contributed by atoms with Gasteiger partial charge in [0.15, 0.2) is 0 Å². The lowest BCUT2D eigenvalue weighted by molar-refractivity contribution is 0.112. The molecule has 0 aromatic heterocycles. The third-order valence-corrected chi connectivity index (χ3v) is 3.69. The molecule has 0 fully saturated rings. The zero-order valence-corrected chi connectivity index (χ0v) is 11.2. The summed E-state index contributed by atoms with van der Waals surface area (Å²) in [6.45, 7) is 0. The summed E-state index contributed by atoms with van der Waals surface area (Å²) in [6.07, 6.45) is 0.804. The summed E-state index contributed by atoms with van der Waals surface area (Å²) in [5.41, 5.74) is 1.24. The van der Waals surface area contributed by atoms with Crippen LogP contribution in [-0.4, -0.2) is 13.4 Å². The quantitative estimate of drug-likeness (QED) is 0.611. The number of hydrogen-bond donors (Lipinski definition) is 0. The number of methoxy groups -OCH3 is 1. The number of benzene rings is 2. The molecule has 2 rings (SSSR count). The molecule has 0 aliphatic heterocycles. The topological polar surface area (TPSA) is 26.3 Å². The molecule has 2 nitrogen and oxygen atoms in total. The number of rotatable bonds is 5. The monoisotopic (exact) mass is 276 g/mol. The Morgan fingerprint density at radius 2 is 2.11 bits per heavy atom. The van der Waals surface area contributed by atoms with Crippen molar-refractivity contribution >= 4 is 18.0 Å². The van der Waals surface area contributed by atoms with Crippen molar-refractivity contribution in [2.45, 2.75) is 10.6 Å². The molecule has 0 saturated carbocycles. The summed E-state index contributed by atoms with van der Waals surface area (Å²) in [7, 11) is 1.51.